The fourth-order valence-corrected chi connectivity index (χ4v) is 2.16. The van der Waals surface area contributed by atoms with Crippen LogP contribution < -0.4 is 0 Å². The Labute approximate surface area is 84.8 Å². The van der Waals surface area contributed by atoms with Crippen LogP contribution in [0, 0.1) is 18.6 Å². The van der Waals surface area contributed by atoms with E-state index in [2.05, 4.69) is 0 Å². The lowest BCUT2D eigenvalue weighted by molar-refractivity contribution is 0.586. The van der Waals surface area contributed by atoms with Crippen molar-refractivity contribution >= 4 is 11.3 Å². The van der Waals surface area contributed by atoms with E-state index in [4.69, 9.17) is 0 Å². The summed E-state index contributed by atoms with van der Waals surface area (Å²) < 4.78 is 25.9. The second-order valence-corrected chi connectivity index (χ2v) is 4.32. The summed E-state index contributed by atoms with van der Waals surface area (Å²) in [6.07, 6.45) is 0. The van der Waals surface area contributed by atoms with Gasteiger partial charge in [0.05, 0.1) is 0 Å². The van der Waals surface area contributed by atoms with Crippen molar-refractivity contribution in [2.75, 3.05) is 0 Å². The molecule has 1 aromatic heterocycles. The highest BCUT2D eigenvalue weighted by Gasteiger charge is 2.07. The predicted octanol–water partition coefficient (Wildman–Crippen LogP) is 4.00. The highest BCUT2D eigenvalue weighted by atomic mass is 32.1. The van der Waals surface area contributed by atoms with E-state index in [0.717, 1.165) is 15.8 Å². The van der Waals surface area contributed by atoms with Crippen molar-refractivity contribution in [3.05, 3.63) is 46.8 Å². The first kappa shape index (κ1) is 9.34. The lowest BCUT2D eigenvalue weighted by Crippen LogP contribution is -1.83. The predicted molar refractivity (Wildman–Crippen MR) is 54.4 cm³/mol. The lowest BCUT2D eigenvalue weighted by Gasteiger charge is -1.99. The minimum atomic E-state index is -0.542. The molecule has 0 spiro atoms. The van der Waals surface area contributed by atoms with Crippen LogP contribution in [0.4, 0.5) is 8.78 Å². The molecule has 0 fully saturated rings. The molecule has 0 atom stereocenters. The van der Waals surface area contributed by atoms with Gasteiger partial charge in [0.25, 0.3) is 0 Å². The van der Waals surface area contributed by atoms with Gasteiger partial charge in [0, 0.05) is 21.4 Å². The first-order valence-electron chi connectivity index (χ1n) is 4.18. The second kappa shape index (κ2) is 3.50. The van der Waals surface area contributed by atoms with E-state index < -0.39 is 11.6 Å². The van der Waals surface area contributed by atoms with E-state index in [1.807, 2.05) is 19.1 Å². The van der Waals surface area contributed by atoms with E-state index in [0.29, 0.717) is 5.56 Å². The van der Waals surface area contributed by atoms with Gasteiger partial charge in [0.2, 0.25) is 0 Å². The Kier molecular flexibility index (Phi) is 2.33. The molecule has 0 aliphatic rings. The highest BCUT2D eigenvalue weighted by Crippen LogP contribution is 2.29. The molecule has 0 radical (unpaired) electrons. The van der Waals surface area contributed by atoms with Crippen molar-refractivity contribution in [1.29, 1.82) is 0 Å². The number of hydrogen-bond donors (Lipinski definition) is 0. The third kappa shape index (κ3) is 1.68. The second-order valence-electron chi connectivity index (χ2n) is 3.03. The molecule has 0 aliphatic carbocycles. The van der Waals surface area contributed by atoms with E-state index in [9.17, 15) is 8.78 Å². The van der Waals surface area contributed by atoms with Gasteiger partial charge in [0.15, 0.2) is 0 Å². The Morgan fingerprint density at radius 3 is 2.43 bits per heavy atom. The average molecular weight is 210 g/mol. The van der Waals surface area contributed by atoms with E-state index in [-0.39, 0.29) is 0 Å². The van der Waals surface area contributed by atoms with E-state index in [1.54, 1.807) is 0 Å². The summed E-state index contributed by atoms with van der Waals surface area (Å²) >= 11 is 1.50. The van der Waals surface area contributed by atoms with Crippen LogP contribution in [0.1, 0.15) is 4.88 Å². The summed E-state index contributed by atoms with van der Waals surface area (Å²) in [6, 6.07) is 7.41. The minimum Gasteiger partial charge on any atom is -0.207 e. The molecule has 3 heteroatoms. The van der Waals surface area contributed by atoms with Gasteiger partial charge in [-0.25, -0.2) is 8.78 Å². The summed E-state index contributed by atoms with van der Waals surface area (Å²) in [6.45, 7) is 1.95. The maximum Gasteiger partial charge on any atom is 0.134 e. The normalized spacial score (nSPS) is 10.5. The number of hydrogen-bond acceptors (Lipinski definition) is 1. The van der Waals surface area contributed by atoms with Crippen molar-refractivity contribution in [3.8, 4) is 10.4 Å². The van der Waals surface area contributed by atoms with Crippen molar-refractivity contribution in [2.45, 2.75) is 6.92 Å². The largest absolute Gasteiger partial charge is 0.207 e. The van der Waals surface area contributed by atoms with Crippen LogP contribution in [-0.4, -0.2) is 0 Å². The molecule has 14 heavy (non-hydrogen) atoms. The molecule has 0 aliphatic heterocycles. The van der Waals surface area contributed by atoms with Gasteiger partial charge in [-0.05, 0) is 31.2 Å². The van der Waals surface area contributed by atoms with Crippen LogP contribution in [0.15, 0.2) is 30.3 Å². The van der Waals surface area contributed by atoms with Gasteiger partial charge in [0.1, 0.15) is 11.6 Å². The van der Waals surface area contributed by atoms with Crippen LogP contribution in [0.2, 0.25) is 0 Å². The Hall–Kier alpha value is -1.22. The third-order valence-corrected chi connectivity index (χ3v) is 2.97. The Balaban J connectivity index is 2.52. The molecular formula is C11H8F2S. The fourth-order valence-electron chi connectivity index (χ4n) is 1.27. The van der Waals surface area contributed by atoms with Gasteiger partial charge >= 0.3 is 0 Å². The fraction of sp³-hybridized carbons (Fsp3) is 0.0909. The van der Waals surface area contributed by atoms with Gasteiger partial charge in [-0.3, -0.25) is 0 Å². The SMILES string of the molecule is Cc1ccc(-c2ccc(F)cc2F)s1. The zero-order valence-corrected chi connectivity index (χ0v) is 8.37. The molecule has 0 nitrogen and oxygen atoms in total. The van der Waals surface area contributed by atoms with Crippen molar-refractivity contribution in [3.63, 3.8) is 0 Å². The van der Waals surface area contributed by atoms with Crippen molar-refractivity contribution in [1.82, 2.24) is 0 Å². The Morgan fingerprint density at radius 2 is 1.86 bits per heavy atom. The summed E-state index contributed by atoms with van der Waals surface area (Å²) in [7, 11) is 0. The third-order valence-electron chi connectivity index (χ3n) is 1.94. The summed E-state index contributed by atoms with van der Waals surface area (Å²) in [5.41, 5.74) is 0.463. The molecular weight excluding hydrogens is 202 g/mol. The van der Waals surface area contributed by atoms with E-state index in [1.165, 1.54) is 23.5 Å². The number of rotatable bonds is 1. The molecule has 0 saturated carbocycles. The first-order valence-corrected chi connectivity index (χ1v) is 5.00. The lowest BCUT2D eigenvalue weighted by atomic mass is 10.2. The maximum atomic E-state index is 13.3. The number of benzene rings is 1. The number of halogens is 2. The van der Waals surface area contributed by atoms with Crippen LogP contribution in [0.25, 0.3) is 10.4 Å². The molecule has 2 rings (SSSR count). The standard InChI is InChI=1S/C11H8F2S/c1-7-2-5-11(14-7)9-4-3-8(12)6-10(9)13/h2-6H,1H3. The van der Waals surface area contributed by atoms with Crippen LogP contribution in [0.5, 0.6) is 0 Å². The zero-order valence-electron chi connectivity index (χ0n) is 7.55. The Bertz CT molecular complexity index is 460. The molecule has 2 aromatic rings. The van der Waals surface area contributed by atoms with Gasteiger partial charge < -0.3 is 0 Å². The minimum absolute atomic E-state index is 0.463. The quantitative estimate of drug-likeness (QED) is 0.667. The smallest absolute Gasteiger partial charge is 0.134 e. The van der Waals surface area contributed by atoms with Gasteiger partial charge in [-0.2, -0.15) is 0 Å². The molecule has 1 heterocycles. The first-order chi connectivity index (χ1) is 6.66. The molecule has 0 amide bonds. The maximum absolute atomic E-state index is 13.3. The van der Waals surface area contributed by atoms with Crippen LogP contribution in [0.3, 0.4) is 0 Å². The monoisotopic (exact) mass is 210 g/mol. The highest BCUT2D eigenvalue weighted by molar-refractivity contribution is 7.15. The number of thiophene rings is 1. The summed E-state index contributed by atoms with van der Waals surface area (Å²) in [5, 5.41) is 0. The molecule has 0 unspecified atom stereocenters. The average Bonchev–Trinajstić information content (AvgIpc) is 2.51. The van der Waals surface area contributed by atoms with Crippen molar-refractivity contribution < 1.29 is 8.78 Å². The van der Waals surface area contributed by atoms with Gasteiger partial charge in [-0.15, -0.1) is 11.3 Å². The summed E-state index contributed by atoms with van der Waals surface area (Å²) in [5.74, 6) is -1.05. The zero-order chi connectivity index (χ0) is 10.1. The van der Waals surface area contributed by atoms with E-state index >= 15 is 0 Å². The topological polar surface area (TPSA) is 0 Å². The Morgan fingerprint density at radius 1 is 1.07 bits per heavy atom. The molecule has 1 aromatic carbocycles. The number of aryl methyl sites for hydroxylation is 1. The van der Waals surface area contributed by atoms with Crippen molar-refractivity contribution in [2.24, 2.45) is 0 Å². The molecule has 0 saturated heterocycles. The van der Waals surface area contributed by atoms with Gasteiger partial charge in [-0.1, -0.05) is 0 Å². The molecule has 0 N–H and O–H groups in total. The molecule has 72 valence electrons. The summed E-state index contributed by atoms with van der Waals surface area (Å²) in [4.78, 5) is 1.95. The van der Waals surface area contributed by atoms with Crippen LogP contribution in [-0.2, 0) is 0 Å². The molecule has 0 bridgehead atoms. The van der Waals surface area contributed by atoms with Crippen LogP contribution >= 0.6 is 11.3 Å².